The molecule has 3 rings (SSSR count). The van der Waals surface area contributed by atoms with Crippen LogP contribution >= 0.6 is 0 Å². The fourth-order valence-electron chi connectivity index (χ4n) is 2.63. The number of hydrogen-bond acceptors (Lipinski definition) is 7. The second-order valence-corrected chi connectivity index (χ2v) is 6.25. The third kappa shape index (κ3) is 5.80. The van der Waals surface area contributed by atoms with E-state index in [0.717, 1.165) is 5.69 Å². The van der Waals surface area contributed by atoms with Crippen molar-refractivity contribution in [1.29, 1.82) is 0 Å². The van der Waals surface area contributed by atoms with E-state index in [9.17, 15) is 9.59 Å². The molecule has 0 aliphatic heterocycles. The van der Waals surface area contributed by atoms with Crippen molar-refractivity contribution in [2.45, 2.75) is 12.8 Å². The van der Waals surface area contributed by atoms with Crippen LogP contribution < -0.4 is 22.0 Å². The highest BCUT2D eigenvalue weighted by Crippen LogP contribution is 2.08. The Kier molecular flexibility index (Phi) is 7.35. The molecule has 9 heteroatoms. The van der Waals surface area contributed by atoms with E-state index < -0.39 is 6.09 Å². The van der Waals surface area contributed by atoms with Crippen LogP contribution in [0.15, 0.2) is 53.5 Å². The highest BCUT2D eigenvalue weighted by molar-refractivity contribution is 5.73. The van der Waals surface area contributed by atoms with E-state index in [4.69, 9.17) is 5.73 Å². The number of rotatable bonds is 8. The smallest absolute Gasteiger partial charge is 0.404 e. The third-order valence-corrected chi connectivity index (χ3v) is 4.01. The molecule has 9 nitrogen and oxygen atoms in total. The first-order chi connectivity index (χ1) is 14.6. The minimum atomic E-state index is -0.769. The summed E-state index contributed by atoms with van der Waals surface area (Å²) in [6.07, 6.45) is 2.01. The van der Waals surface area contributed by atoms with Crippen molar-refractivity contribution in [3.8, 4) is 11.8 Å². The molecule has 2 aromatic heterocycles. The number of amides is 1. The van der Waals surface area contributed by atoms with Crippen molar-refractivity contribution in [1.82, 2.24) is 20.0 Å². The van der Waals surface area contributed by atoms with Crippen molar-refractivity contribution in [2.24, 2.45) is 5.73 Å². The SMILES string of the molecule is NC(=O)OCCCNCCC#Cc1nc2cccnc2c(=O)n1Nc1ccccc1. The average molecular weight is 406 g/mol. The zero-order chi connectivity index (χ0) is 21.2. The largest absolute Gasteiger partial charge is 0.450 e. The molecule has 0 atom stereocenters. The van der Waals surface area contributed by atoms with Gasteiger partial charge in [-0.25, -0.2) is 14.8 Å². The molecular formula is C21H22N6O3. The number of aromatic nitrogens is 3. The molecule has 0 aliphatic carbocycles. The lowest BCUT2D eigenvalue weighted by atomic mass is 10.3. The van der Waals surface area contributed by atoms with Crippen LogP contribution in [0.4, 0.5) is 10.5 Å². The number of nitrogens with two attached hydrogens (primary N) is 1. The average Bonchev–Trinajstić information content (AvgIpc) is 2.75. The first-order valence-corrected chi connectivity index (χ1v) is 9.47. The van der Waals surface area contributed by atoms with Gasteiger partial charge in [0.25, 0.3) is 5.56 Å². The summed E-state index contributed by atoms with van der Waals surface area (Å²) in [5, 5.41) is 3.19. The predicted octanol–water partition coefficient (Wildman–Crippen LogP) is 1.48. The monoisotopic (exact) mass is 406 g/mol. The van der Waals surface area contributed by atoms with E-state index in [1.807, 2.05) is 30.3 Å². The third-order valence-electron chi connectivity index (χ3n) is 4.01. The van der Waals surface area contributed by atoms with Crippen molar-refractivity contribution < 1.29 is 9.53 Å². The lowest BCUT2D eigenvalue weighted by molar-refractivity contribution is 0.155. The zero-order valence-corrected chi connectivity index (χ0v) is 16.3. The van der Waals surface area contributed by atoms with Gasteiger partial charge in [0.1, 0.15) is 0 Å². The summed E-state index contributed by atoms with van der Waals surface area (Å²) in [5.41, 5.74) is 9.12. The standard InChI is InChI=1S/C21H22N6O3/c22-21(29)30-15-7-13-23-12-5-4-11-18-25-17-10-6-14-24-19(17)20(28)27(18)26-16-8-2-1-3-9-16/h1-3,6,8-10,14,23,26H,5,7,12-13,15H2,(H2,22,29). The van der Waals surface area contributed by atoms with Gasteiger partial charge in [0.05, 0.1) is 17.8 Å². The summed E-state index contributed by atoms with van der Waals surface area (Å²) >= 11 is 0. The Morgan fingerprint density at radius 2 is 2.00 bits per heavy atom. The van der Waals surface area contributed by atoms with E-state index in [0.29, 0.717) is 37.3 Å². The Morgan fingerprint density at radius 1 is 1.17 bits per heavy atom. The predicted molar refractivity (Wildman–Crippen MR) is 114 cm³/mol. The fourth-order valence-corrected chi connectivity index (χ4v) is 2.63. The van der Waals surface area contributed by atoms with Gasteiger partial charge in [0.15, 0.2) is 5.52 Å². The van der Waals surface area contributed by atoms with Gasteiger partial charge in [-0.1, -0.05) is 24.1 Å². The Hall–Kier alpha value is -3.90. The molecule has 0 spiro atoms. The lowest BCUT2D eigenvalue weighted by Crippen LogP contribution is -2.30. The number of primary amides is 1. The number of hydrogen-bond donors (Lipinski definition) is 3. The molecule has 3 aromatic rings. The summed E-state index contributed by atoms with van der Waals surface area (Å²) in [6, 6.07) is 12.8. The Labute approximate surface area is 173 Å². The molecule has 30 heavy (non-hydrogen) atoms. The number of nitrogens with one attached hydrogen (secondary N) is 2. The first-order valence-electron chi connectivity index (χ1n) is 9.47. The molecule has 2 heterocycles. The maximum absolute atomic E-state index is 12.9. The lowest BCUT2D eigenvalue weighted by Gasteiger charge is -2.11. The molecule has 1 amide bonds. The number of carbonyl (C=O) groups is 1. The van der Waals surface area contributed by atoms with E-state index in [1.54, 1.807) is 18.3 Å². The molecule has 0 radical (unpaired) electrons. The number of fused-ring (bicyclic) bond motifs is 1. The topological polar surface area (TPSA) is 124 Å². The fraction of sp³-hybridized carbons (Fsp3) is 0.238. The first kappa shape index (κ1) is 20.8. The van der Waals surface area contributed by atoms with E-state index >= 15 is 0 Å². The normalized spacial score (nSPS) is 10.3. The van der Waals surface area contributed by atoms with Crippen molar-refractivity contribution in [2.75, 3.05) is 25.1 Å². The number of anilines is 1. The second-order valence-electron chi connectivity index (χ2n) is 6.25. The number of benzene rings is 1. The summed E-state index contributed by atoms with van der Waals surface area (Å²) in [6.45, 7) is 1.60. The molecule has 4 N–H and O–H groups in total. The van der Waals surface area contributed by atoms with Crippen LogP contribution in [0, 0.1) is 11.8 Å². The molecule has 0 aliphatic rings. The van der Waals surface area contributed by atoms with E-state index in [2.05, 4.69) is 37.3 Å². The maximum atomic E-state index is 12.9. The van der Waals surface area contributed by atoms with Gasteiger partial charge in [-0.2, -0.15) is 4.68 Å². The second kappa shape index (κ2) is 10.6. The Balaban J connectivity index is 1.70. The summed E-state index contributed by atoms with van der Waals surface area (Å²) in [4.78, 5) is 32.0. The van der Waals surface area contributed by atoms with E-state index in [1.165, 1.54) is 4.68 Å². The summed E-state index contributed by atoms with van der Waals surface area (Å²) in [7, 11) is 0. The van der Waals surface area contributed by atoms with Gasteiger partial charge in [-0.05, 0) is 43.2 Å². The van der Waals surface area contributed by atoms with Crippen LogP contribution in [0.5, 0.6) is 0 Å². The van der Waals surface area contributed by atoms with Crippen molar-refractivity contribution in [3.05, 3.63) is 64.8 Å². The number of carbonyl (C=O) groups excluding carboxylic acids is 1. The molecule has 0 fully saturated rings. The zero-order valence-electron chi connectivity index (χ0n) is 16.3. The molecule has 0 saturated carbocycles. The molecule has 0 unspecified atom stereocenters. The molecule has 154 valence electrons. The van der Waals surface area contributed by atoms with Gasteiger partial charge in [0, 0.05) is 19.2 Å². The Bertz CT molecular complexity index is 1120. The minimum Gasteiger partial charge on any atom is -0.450 e. The number of pyridine rings is 1. The Morgan fingerprint density at radius 3 is 2.80 bits per heavy atom. The number of para-hydroxylation sites is 1. The van der Waals surface area contributed by atoms with Crippen LogP contribution in [0.2, 0.25) is 0 Å². The molecular weight excluding hydrogens is 384 g/mol. The van der Waals surface area contributed by atoms with Gasteiger partial charge < -0.3 is 15.8 Å². The molecule has 0 bridgehead atoms. The minimum absolute atomic E-state index is 0.270. The summed E-state index contributed by atoms with van der Waals surface area (Å²) < 4.78 is 5.97. The highest BCUT2D eigenvalue weighted by Gasteiger charge is 2.10. The number of ether oxygens (including phenoxy) is 1. The van der Waals surface area contributed by atoms with E-state index in [-0.39, 0.29) is 17.7 Å². The van der Waals surface area contributed by atoms with Crippen molar-refractivity contribution >= 4 is 22.8 Å². The van der Waals surface area contributed by atoms with Gasteiger partial charge in [0.2, 0.25) is 5.82 Å². The molecule has 0 saturated heterocycles. The number of nitrogens with zero attached hydrogens (tertiary/aromatic N) is 3. The van der Waals surface area contributed by atoms with Crippen LogP contribution in [0.3, 0.4) is 0 Å². The quantitative estimate of drug-likeness (QED) is 0.382. The van der Waals surface area contributed by atoms with Crippen LogP contribution in [-0.2, 0) is 4.74 Å². The van der Waals surface area contributed by atoms with Crippen LogP contribution in [0.1, 0.15) is 18.7 Å². The van der Waals surface area contributed by atoms with Gasteiger partial charge >= 0.3 is 6.09 Å². The van der Waals surface area contributed by atoms with Crippen LogP contribution in [0.25, 0.3) is 11.0 Å². The summed E-state index contributed by atoms with van der Waals surface area (Å²) in [5.74, 6) is 6.30. The van der Waals surface area contributed by atoms with Crippen molar-refractivity contribution in [3.63, 3.8) is 0 Å². The maximum Gasteiger partial charge on any atom is 0.404 e. The van der Waals surface area contributed by atoms with Gasteiger partial charge in [-0.3, -0.25) is 10.2 Å². The molecule has 1 aromatic carbocycles. The van der Waals surface area contributed by atoms with Crippen LogP contribution in [-0.4, -0.2) is 40.4 Å². The van der Waals surface area contributed by atoms with Gasteiger partial charge in [-0.15, -0.1) is 0 Å². The highest BCUT2D eigenvalue weighted by atomic mass is 16.5.